The Morgan fingerprint density at radius 1 is 1.06 bits per heavy atom. The molecule has 0 amide bonds. The molecule has 4 heteroatoms. The lowest BCUT2D eigenvalue weighted by atomic mass is 10.1. The zero-order valence-electron chi connectivity index (χ0n) is 10.4. The summed E-state index contributed by atoms with van der Waals surface area (Å²) >= 11 is 5.28. The van der Waals surface area contributed by atoms with Crippen LogP contribution < -0.4 is 5.73 Å². The van der Waals surface area contributed by atoms with Crippen molar-refractivity contribution in [1.29, 1.82) is 0 Å². The maximum absolute atomic E-state index is 5.59. The molecule has 0 aliphatic heterocycles. The Kier molecular flexibility index (Phi) is 4.95. The molecular formula is C14H17BrN2S. The first-order valence-corrected chi connectivity index (χ1v) is 7.49. The van der Waals surface area contributed by atoms with E-state index < -0.39 is 0 Å². The van der Waals surface area contributed by atoms with Crippen LogP contribution in [0.5, 0.6) is 0 Å². The summed E-state index contributed by atoms with van der Waals surface area (Å²) in [5.74, 6) is 0. The minimum Gasteiger partial charge on any atom is -0.326 e. The van der Waals surface area contributed by atoms with Gasteiger partial charge in [-0.1, -0.05) is 24.3 Å². The van der Waals surface area contributed by atoms with Gasteiger partial charge in [-0.25, -0.2) is 0 Å². The van der Waals surface area contributed by atoms with Gasteiger partial charge in [0.1, 0.15) is 0 Å². The minimum absolute atomic E-state index is 0.610. The highest BCUT2D eigenvalue weighted by Crippen LogP contribution is 2.23. The maximum Gasteiger partial charge on any atom is 0.0701 e. The Bertz CT molecular complexity index is 493. The van der Waals surface area contributed by atoms with E-state index in [0.717, 1.165) is 13.1 Å². The zero-order chi connectivity index (χ0) is 13.0. The molecular weight excluding hydrogens is 308 g/mol. The topological polar surface area (TPSA) is 29.3 Å². The molecule has 1 heterocycles. The van der Waals surface area contributed by atoms with Gasteiger partial charge >= 0.3 is 0 Å². The Hall–Kier alpha value is -0.680. The molecule has 0 fully saturated rings. The second kappa shape index (κ2) is 6.48. The van der Waals surface area contributed by atoms with Crippen molar-refractivity contribution in [2.75, 3.05) is 7.05 Å². The first-order valence-electron chi connectivity index (χ1n) is 5.88. The molecule has 0 radical (unpaired) electrons. The smallest absolute Gasteiger partial charge is 0.0701 e. The molecule has 2 nitrogen and oxygen atoms in total. The molecule has 96 valence electrons. The summed E-state index contributed by atoms with van der Waals surface area (Å²) in [6.45, 7) is 2.55. The molecule has 18 heavy (non-hydrogen) atoms. The summed E-state index contributed by atoms with van der Waals surface area (Å²) in [5, 5.41) is 0. The fourth-order valence-corrected chi connectivity index (χ4v) is 3.41. The van der Waals surface area contributed by atoms with E-state index in [9.17, 15) is 0 Å². The fraction of sp³-hybridized carbons (Fsp3) is 0.286. The Balaban J connectivity index is 1.91. The second-order valence-electron chi connectivity index (χ2n) is 4.40. The van der Waals surface area contributed by atoms with E-state index in [1.165, 1.54) is 19.8 Å². The number of thiophene rings is 1. The summed E-state index contributed by atoms with van der Waals surface area (Å²) in [7, 11) is 2.14. The van der Waals surface area contributed by atoms with E-state index in [-0.39, 0.29) is 0 Å². The number of nitrogens with two attached hydrogens (primary N) is 1. The van der Waals surface area contributed by atoms with E-state index >= 15 is 0 Å². The van der Waals surface area contributed by atoms with E-state index in [1.54, 1.807) is 11.3 Å². The van der Waals surface area contributed by atoms with E-state index in [1.807, 2.05) is 0 Å². The monoisotopic (exact) mass is 324 g/mol. The van der Waals surface area contributed by atoms with Gasteiger partial charge in [-0.2, -0.15) is 0 Å². The van der Waals surface area contributed by atoms with Crippen molar-refractivity contribution in [3.63, 3.8) is 0 Å². The van der Waals surface area contributed by atoms with Gasteiger partial charge in [0.2, 0.25) is 0 Å². The van der Waals surface area contributed by atoms with Gasteiger partial charge < -0.3 is 5.73 Å². The van der Waals surface area contributed by atoms with Gasteiger partial charge in [0, 0.05) is 24.5 Å². The van der Waals surface area contributed by atoms with Crippen LogP contribution in [0.1, 0.15) is 16.0 Å². The van der Waals surface area contributed by atoms with Crippen molar-refractivity contribution in [1.82, 2.24) is 4.90 Å². The van der Waals surface area contributed by atoms with Crippen molar-refractivity contribution >= 4 is 27.3 Å². The van der Waals surface area contributed by atoms with Gasteiger partial charge in [-0.3, -0.25) is 4.90 Å². The molecule has 0 bridgehead atoms. The lowest BCUT2D eigenvalue weighted by Crippen LogP contribution is -2.16. The number of hydrogen-bond acceptors (Lipinski definition) is 3. The Morgan fingerprint density at radius 2 is 1.72 bits per heavy atom. The zero-order valence-corrected chi connectivity index (χ0v) is 12.8. The van der Waals surface area contributed by atoms with E-state index in [0.29, 0.717) is 6.54 Å². The molecule has 0 atom stereocenters. The van der Waals surface area contributed by atoms with Crippen molar-refractivity contribution < 1.29 is 0 Å². The first kappa shape index (κ1) is 13.7. The molecule has 0 saturated carbocycles. The number of hydrogen-bond donors (Lipinski definition) is 1. The second-order valence-corrected chi connectivity index (χ2v) is 6.95. The lowest BCUT2D eigenvalue weighted by Gasteiger charge is -2.15. The maximum atomic E-state index is 5.59. The molecule has 2 rings (SSSR count). The average molecular weight is 325 g/mol. The quantitative estimate of drug-likeness (QED) is 0.910. The summed E-state index contributed by atoms with van der Waals surface area (Å²) in [5.41, 5.74) is 8.10. The minimum atomic E-state index is 0.610. The predicted octanol–water partition coefficient (Wildman–Crippen LogP) is 3.60. The molecule has 0 unspecified atom stereocenters. The van der Waals surface area contributed by atoms with Crippen LogP contribution in [0.25, 0.3) is 0 Å². The van der Waals surface area contributed by atoms with Crippen LogP contribution in [0.4, 0.5) is 0 Å². The third kappa shape index (κ3) is 3.92. The fourth-order valence-electron chi connectivity index (χ4n) is 1.85. The van der Waals surface area contributed by atoms with Crippen molar-refractivity contribution in [2.45, 2.75) is 19.6 Å². The van der Waals surface area contributed by atoms with Crippen molar-refractivity contribution in [2.24, 2.45) is 5.73 Å². The third-order valence-corrected chi connectivity index (χ3v) is 4.37. The van der Waals surface area contributed by atoms with Crippen LogP contribution in [0.2, 0.25) is 0 Å². The number of nitrogens with zero attached hydrogens (tertiary/aromatic N) is 1. The van der Waals surface area contributed by atoms with E-state index in [4.69, 9.17) is 5.73 Å². The Labute approximate surface area is 121 Å². The first-order chi connectivity index (χ1) is 8.67. The third-order valence-electron chi connectivity index (χ3n) is 2.77. The molecule has 0 saturated heterocycles. The van der Waals surface area contributed by atoms with Crippen LogP contribution in [0.15, 0.2) is 40.2 Å². The van der Waals surface area contributed by atoms with Crippen LogP contribution >= 0.6 is 27.3 Å². The lowest BCUT2D eigenvalue weighted by molar-refractivity contribution is 0.322. The molecule has 0 spiro atoms. The molecule has 1 aromatic carbocycles. The molecule has 0 aliphatic rings. The van der Waals surface area contributed by atoms with Crippen LogP contribution in [-0.2, 0) is 19.6 Å². The highest BCUT2D eigenvalue weighted by atomic mass is 79.9. The average Bonchev–Trinajstić information content (AvgIpc) is 2.75. The highest BCUT2D eigenvalue weighted by Gasteiger charge is 2.04. The predicted molar refractivity (Wildman–Crippen MR) is 81.5 cm³/mol. The summed E-state index contributed by atoms with van der Waals surface area (Å²) in [4.78, 5) is 3.69. The summed E-state index contributed by atoms with van der Waals surface area (Å²) < 4.78 is 1.19. The van der Waals surface area contributed by atoms with Crippen molar-refractivity contribution in [3.05, 3.63) is 56.2 Å². The number of halogens is 1. The number of benzene rings is 1. The molecule has 2 aromatic rings. The van der Waals surface area contributed by atoms with Crippen molar-refractivity contribution in [3.8, 4) is 0 Å². The molecule has 0 aliphatic carbocycles. The van der Waals surface area contributed by atoms with Gasteiger partial charge in [0.05, 0.1) is 3.79 Å². The Morgan fingerprint density at radius 3 is 2.28 bits per heavy atom. The van der Waals surface area contributed by atoms with Crippen LogP contribution in [-0.4, -0.2) is 11.9 Å². The highest BCUT2D eigenvalue weighted by molar-refractivity contribution is 9.11. The van der Waals surface area contributed by atoms with Gasteiger partial charge in [-0.15, -0.1) is 11.3 Å². The van der Waals surface area contributed by atoms with Gasteiger partial charge in [-0.05, 0) is 46.2 Å². The SMILES string of the molecule is CN(Cc1ccc(CN)cc1)Cc1ccc(Br)s1. The van der Waals surface area contributed by atoms with Gasteiger partial charge in [0.15, 0.2) is 0 Å². The molecule has 2 N–H and O–H groups in total. The van der Waals surface area contributed by atoms with Crippen LogP contribution in [0.3, 0.4) is 0 Å². The number of rotatable bonds is 5. The summed E-state index contributed by atoms with van der Waals surface area (Å²) in [6.07, 6.45) is 0. The largest absolute Gasteiger partial charge is 0.326 e. The summed E-state index contributed by atoms with van der Waals surface area (Å²) in [6, 6.07) is 12.8. The van der Waals surface area contributed by atoms with Crippen LogP contribution in [0, 0.1) is 0 Å². The normalized spacial score (nSPS) is 11.1. The van der Waals surface area contributed by atoms with E-state index in [2.05, 4.69) is 64.3 Å². The standard InChI is InChI=1S/C14H17BrN2S/c1-17(10-13-6-7-14(15)18-13)9-12-4-2-11(8-16)3-5-12/h2-7H,8-10,16H2,1H3. The molecule has 1 aromatic heterocycles. The van der Waals surface area contributed by atoms with Gasteiger partial charge in [0.25, 0.3) is 0 Å².